The molecular formula is C17H20ClNO3S. The molecular weight excluding hydrogens is 334 g/mol. The monoisotopic (exact) mass is 353 g/mol. The minimum atomic E-state index is -3.16. The molecule has 0 heterocycles. The van der Waals surface area contributed by atoms with Crippen molar-refractivity contribution < 1.29 is 13.2 Å². The van der Waals surface area contributed by atoms with Crippen LogP contribution in [-0.2, 0) is 16.3 Å². The number of rotatable bonds is 7. The second-order valence-electron chi connectivity index (χ2n) is 5.16. The van der Waals surface area contributed by atoms with E-state index in [-0.39, 0.29) is 0 Å². The van der Waals surface area contributed by atoms with Crippen LogP contribution in [0.15, 0.2) is 47.4 Å². The molecule has 0 amide bonds. The van der Waals surface area contributed by atoms with Crippen molar-refractivity contribution in [2.75, 3.05) is 24.7 Å². The highest BCUT2D eigenvalue weighted by atomic mass is 35.5. The number of hydrogen-bond acceptors (Lipinski definition) is 4. The Morgan fingerprint density at radius 2 is 1.83 bits per heavy atom. The third kappa shape index (κ3) is 5.15. The van der Waals surface area contributed by atoms with E-state index in [2.05, 4.69) is 5.32 Å². The number of sulfone groups is 1. The van der Waals surface area contributed by atoms with E-state index in [9.17, 15) is 8.42 Å². The summed E-state index contributed by atoms with van der Waals surface area (Å²) in [5.74, 6) is 0.839. The maximum Gasteiger partial charge on any atom is 0.175 e. The molecule has 0 aliphatic heterocycles. The second kappa shape index (κ2) is 7.70. The first-order chi connectivity index (χ1) is 10.9. The highest BCUT2D eigenvalue weighted by molar-refractivity contribution is 7.90. The van der Waals surface area contributed by atoms with E-state index < -0.39 is 9.84 Å². The summed E-state index contributed by atoms with van der Waals surface area (Å²) in [7, 11) is -3.16. The molecule has 6 heteroatoms. The van der Waals surface area contributed by atoms with Gasteiger partial charge in [0, 0.05) is 23.5 Å². The Labute approximate surface area is 142 Å². The van der Waals surface area contributed by atoms with Crippen LogP contribution in [0.3, 0.4) is 0 Å². The summed E-state index contributed by atoms with van der Waals surface area (Å²) in [6.07, 6.45) is 1.95. The number of halogens is 1. The Morgan fingerprint density at radius 1 is 1.13 bits per heavy atom. The van der Waals surface area contributed by atoms with Gasteiger partial charge in [0.1, 0.15) is 5.75 Å². The molecule has 23 heavy (non-hydrogen) atoms. The summed E-state index contributed by atoms with van der Waals surface area (Å²) in [6, 6.07) is 12.3. The fourth-order valence-electron chi connectivity index (χ4n) is 2.20. The van der Waals surface area contributed by atoms with Gasteiger partial charge in [-0.25, -0.2) is 8.42 Å². The lowest BCUT2D eigenvalue weighted by atomic mass is 10.1. The van der Waals surface area contributed by atoms with Gasteiger partial charge in [0.05, 0.1) is 11.5 Å². The molecule has 2 aromatic carbocycles. The van der Waals surface area contributed by atoms with E-state index in [1.165, 1.54) is 6.26 Å². The first kappa shape index (κ1) is 17.6. The third-order valence-corrected chi connectivity index (χ3v) is 4.69. The zero-order valence-electron chi connectivity index (χ0n) is 13.2. The largest absolute Gasteiger partial charge is 0.494 e. The lowest BCUT2D eigenvalue weighted by molar-refractivity contribution is 0.336. The molecule has 0 saturated carbocycles. The van der Waals surface area contributed by atoms with Crippen molar-refractivity contribution in [1.29, 1.82) is 0 Å². The van der Waals surface area contributed by atoms with Gasteiger partial charge in [0.15, 0.2) is 9.84 Å². The number of anilines is 1. The summed E-state index contributed by atoms with van der Waals surface area (Å²) < 4.78 is 28.4. The molecule has 4 nitrogen and oxygen atoms in total. The zero-order valence-corrected chi connectivity index (χ0v) is 14.7. The highest BCUT2D eigenvalue weighted by Gasteiger charge is 2.07. The van der Waals surface area contributed by atoms with Crippen molar-refractivity contribution in [1.82, 2.24) is 0 Å². The van der Waals surface area contributed by atoms with Crippen LogP contribution in [0, 0.1) is 0 Å². The number of benzene rings is 2. The van der Waals surface area contributed by atoms with Gasteiger partial charge in [-0.05, 0) is 61.4 Å². The molecule has 0 atom stereocenters. The molecule has 0 radical (unpaired) electrons. The van der Waals surface area contributed by atoms with Gasteiger partial charge >= 0.3 is 0 Å². The highest BCUT2D eigenvalue weighted by Crippen LogP contribution is 2.23. The summed E-state index contributed by atoms with van der Waals surface area (Å²) in [4.78, 5) is 0.316. The molecule has 2 aromatic rings. The predicted octanol–water partition coefficient (Wildman–Crippen LogP) is 3.80. The first-order valence-corrected chi connectivity index (χ1v) is 9.62. The maximum atomic E-state index is 11.4. The molecule has 0 unspecified atom stereocenters. The zero-order chi connectivity index (χ0) is 16.9. The van der Waals surface area contributed by atoms with Crippen LogP contribution in [0.2, 0.25) is 5.02 Å². The van der Waals surface area contributed by atoms with Gasteiger partial charge in [-0.1, -0.05) is 11.6 Å². The summed E-state index contributed by atoms with van der Waals surface area (Å²) >= 11 is 6.04. The quantitative estimate of drug-likeness (QED) is 0.822. The number of ether oxygens (including phenoxy) is 1. The Hall–Kier alpha value is -1.72. The summed E-state index contributed by atoms with van der Waals surface area (Å²) in [6.45, 7) is 3.24. The fraction of sp³-hybridized carbons (Fsp3) is 0.294. The van der Waals surface area contributed by atoms with E-state index in [0.29, 0.717) is 23.1 Å². The van der Waals surface area contributed by atoms with Crippen molar-refractivity contribution in [3.8, 4) is 5.75 Å². The van der Waals surface area contributed by atoms with Crippen LogP contribution in [0.4, 0.5) is 5.69 Å². The predicted molar refractivity (Wildman–Crippen MR) is 94.4 cm³/mol. The van der Waals surface area contributed by atoms with Crippen LogP contribution in [0.5, 0.6) is 5.75 Å². The Kier molecular flexibility index (Phi) is 5.91. The molecule has 1 N–H and O–H groups in total. The van der Waals surface area contributed by atoms with E-state index in [4.69, 9.17) is 16.3 Å². The first-order valence-electron chi connectivity index (χ1n) is 7.35. The average Bonchev–Trinajstić information content (AvgIpc) is 2.50. The average molecular weight is 354 g/mol. The van der Waals surface area contributed by atoms with Crippen LogP contribution in [0.25, 0.3) is 0 Å². The van der Waals surface area contributed by atoms with Gasteiger partial charge in [0.2, 0.25) is 0 Å². The molecule has 0 saturated heterocycles. The van der Waals surface area contributed by atoms with Crippen molar-refractivity contribution in [3.63, 3.8) is 0 Å². The smallest absolute Gasteiger partial charge is 0.175 e. The molecule has 0 spiro atoms. The molecule has 0 bridgehead atoms. The maximum absolute atomic E-state index is 11.4. The van der Waals surface area contributed by atoms with Crippen LogP contribution < -0.4 is 10.1 Å². The molecule has 0 aromatic heterocycles. The summed E-state index contributed by atoms with van der Waals surface area (Å²) in [5.41, 5.74) is 1.91. The Morgan fingerprint density at radius 3 is 2.43 bits per heavy atom. The Balaban J connectivity index is 1.98. The lowest BCUT2D eigenvalue weighted by Crippen LogP contribution is -2.07. The minimum Gasteiger partial charge on any atom is -0.494 e. The van der Waals surface area contributed by atoms with Crippen LogP contribution in [0.1, 0.15) is 12.5 Å². The van der Waals surface area contributed by atoms with Gasteiger partial charge in [0.25, 0.3) is 0 Å². The molecule has 2 rings (SSSR count). The van der Waals surface area contributed by atoms with E-state index in [1.807, 2.05) is 25.1 Å². The van der Waals surface area contributed by atoms with Crippen molar-refractivity contribution in [3.05, 3.63) is 53.1 Å². The van der Waals surface area contributed by atoms with E-state index >= 15 is 0 Å². The lowest BCUT2D eigenvalue weighted by Gasteiger charge is -2.12. The van der Waals surface area contributed by atoms with Crippen LogP contribution in [-0.4, -0.2) is 27.8 Å². The standard InChI is InChI=1S/C17H20ClNO3S/c1-3-22-17-9-4-14(18)12-13(17)10-11-19-15-5-7-16(8-6-15)23(2,20)21/h4-9,12,19H,3,10-11H2,1-2H3. The second-order valence-corrected chi connectivity index (χ2v) is 7.61. The van der Waals surface area contributed by atoms with Crippen molar-refractivity contribution >= 4 is 27.1 Å². The van der Waals surface area contributed by atoms with Gasteiger partial charge < -0.3 is 10.1 Å². The minimum absolute atomic E-state index is 0.316. The van der Waals surface area contributed by atoms with Crippen LogP contribution >= 0.6 is 11.6 Å². The third-order valence-electron chi connectivity index (χ3n) is 3.33. The van der Waals surface area contributed by atoms with Crippen molar-refractivity contribution in [2.24, 2.45) is 0 Å². The van der Waals surface area contributed by atoms with Crippen molar-refractivity contribution in [2.45, 2.75) is 18.2 Å². The van der Waals surface area contributed by atoms with E-state index in [1.54, 1.807) is 24.3 Å². The summed E-state index contributed by atoms with van der Waals surface area (Å²) in [5, 5.41) is 3.95. The molecule has 0 aliphatic rings. The number of nitrogens with one attached hydrogen (secondary N) is 1. The number of hydrogen-bond donors (Lipinski definition) is 1. The van der Waals surface area contributed by atoms with Gasteiger partial charge in [-0.15, -0.1) is 0 Å². The molecule has 124 valence electrons. The SMILES string of the molecule is CCOc1ccc(Cl)cc1CCNc1ccc(S(C)(=O)=O)cc1. The molecule has 0 aliphatic carbocycles. The van der Waals surface area contributed by atoms with E-state index in [0.717, 1.165) is 23.4 Å². The molecule has 0 fully saturated rings. The Bertz CT molecular complexity index is 758. The topological polar surface area (TPSA) is 55.4 Å². The fourth-order valence-corrected chi connectivity index (χ4v) is 3.03. The normalized spacial score (nSPS) is 11.3. The van der Waals surface area contributed by atoms with Gasteiger partial charge in [-0.2, -0.15) is 0 Å². The van der Waals surface area contributed by atoms with Gasteiger partial charge in [-0.3, -0.25) is 0 Å².